The minimum atomic E-state index is -0.457. The Hall–Kier alpha value is -4.76. The highest BCUT2D eigenvalue weighted by molar-refractivity contribution is 5.91. The van der Waals surface area contributed by atoms with Crippen LogP contribution in [0, 0.1) is 22.0 Å². The maximum Gasteiger partial charge on any atom is 0.319 e. The van der Waals surface area contributed by atoms with Crippen LogP contribution in [0.2, 0.25) is 0 Å². The largest absolute Gasteiger partial charge is 0.497 e. The zero-order chi connectivity index (χ0) is 30.0. The summed E-state index contributed by atoms with van der Waals surface area (Å²) in [6.07, 6.45) is 5.98. The molecule has 2 N–H and O–H groups in total. The minimum absolute atomic E-state index is 0.0313. The molecular formula is C34H36N5O4+. The van der Waals surface area contributed by atoms with E-state index < -0.39 is 4.92 Å². The Kier molecular flexibility index (Phi) is 7.82. The third kappa shape index (κ3) is 5.68. The van der Waals surface area contributed by atoms with Gasteiger partial charge in [0.25, 0.3) is 5.69 Å². The Morgan fingerprint density at radius 3 is 2.67 bits per heavy atom. The predicted octanol–water partition coefficient (Wildman–Crippen LogP) is 6.63. The lowest BCUT2D eigenvalue weighted by atomic mass is 9.70. The second kappa shape index (κ2) is 11.9. The lowest BCUT2D eigenvalue weighted by molar-refractivity contribution is -0.983. The number of fused-ring (bicyclic) bond motifs is 4. The molecule has 9 heteroatoms. The number of carbonyl (C=O) groups excluding carboxylic acids is 1. The van der Waals surface area contributed by atoms with Crippen LogP contribution < -0.4 is 15.4 Å². The van der Waals surface area contributed by atoms with E-state index in [1.807, 2.05) is 30.3 Å². The Bertz CT molecular complexity index is 1640. The lowest BCUT2D eigenvalue weighted by Crippen LogP contribution is -2.69. The number of pyridine rings is 1. The van der Waals surface area contributed by atoms with E-state index in [1.165, 1.54) is 17.7 Å². The number of non-ortho nitro benzene ring substituents is 1. The number of nitro groups is 1. The standard InChI is InChI=1S/C34H35N5O4/c1-3-24-22-39(21-23-7-5-4-6-8-23)18-16-25(24)19-32(39)33(29-15-17-35-31-14-13-28(43-2)20-30(29)31)37-34(40)36-26-9-11-27(12-10-26)38(41)42/h3-15,17,20,24-25,32-33H,1,16,18-19,21-22H2,2H3,(H-,36,37,40)/p+1/t24?,25?,32?,33-,39?/m0/s1. The van der Waals surface area contributed by atoms with E-state index in [4.69, 9.17) is 4.74 Å². The summed E-state index contributed by atoms with van der Waals surface area (Å²) in [4.78, 5) is 29.0. The summed E-state index contributed by atoms with van der Waals surface area (Å²) in [5.41, 5.74) is 3.53. The highest BCUT2D eigenvalue weighted by atomic mass is 16.6. The van der Waals surface area contributed by atoms with Gasteiger partial charge in [-0.05, 0) is 47.9 Å². The number of aromatic nitrogens is 1. The SMILES string of the molecule is C=CC1C[N+]2(Cc3ccccc3)CCC1CC2[C@@H](NC(=O)Nc1ccc([N+](=O)[O-])cc1)c1ccnc2ccc(OC)cc12. The van der Waals surface area contributed by atoms with Gasteiger partial charge in [-0.1, -0.05) is 36.4 Å². The number of nitrogens with zero attached hydrogens (tertiary/aromatic N) is 3. The second-order valence-corrected chi connectivity index (χ2v) is 11.7. The number of nitro benzene ring substituents is 1. The first-order chi connectivity index (χ1) is 20.9. The minimum Gasteiger partial charge on any atom is -0.497 e. The number of hydrogen-bond donors (Lipinski definition) is 2. The summed E-state index contributed by atoms with van der Waals surface area (Å²) in [5.74, 6) is 1.63. The first-order valence-electron chi connectivity index (χ1n) is 14.7. The predicted molar refractivity (Wildman–Crippen MR) is 167 cm³/mol. The van der Waals surface area contributed by atoms with Crippen LogP contribution >= 0.6 is 0 Å². The molecular weight excluding hydrogens is 542 g/mol. The van der Waals surface area contributed by atoms with Crippen LogP contribution in [0.1, 0.15) is 30.0 Å². The van der Waals surface area contributed by atoms with Crippen LogP contribution in [0.3, 0.4) is 0 Å². The zero-order valence-electron chi connectivity index (χ0n) is 24.2. The number of amides is 2. The molecule has 0 radical (unpaired) electrons. The van der Waals surface area contributed by atoms with Crippen LogP contribution in [-0.2, 0) is 6.54 Å². The van der Waals surface area contributed by atoms with Crippen molar-refractivity contribution in [1.29, 1.82) is 0 Å². The fourth-order valence-corrected chi connectivity index (χ4v) is 7.25. The van der Waals surface area contributed by atoms with E-state index >= 15 is 0 Å². The van der Waals surface area contributed by atoms with Crippen molar-refractivity contribution in [3.8, 4) is 5.75 Å². The van der Waals surface area contributed by atoms with Crippen LogP contribution in [0.25, 0.3) is 10.9 Å². The molecule has 0 spiro atoms. The molecule has 3 aliphatic rings. The number of methoxy groups -OCH3 is 1. The van der Waals surface area contributed by atoms with Gasteiger partial charge >= 0.3 is 6.03 Å². The molecule has 3 aromatic carbocycles. The highest BCUT2D eigenvalue weighted by Gasteiger charge is 2.54. The Labute approximate surface area is 250 Å². The second-order valence-electron chi connectivity index (χ2n) is 11.7. The molecule has 3 fully saturated rings. The van der Waals surface area contributed by atoms with Gasteiger partial charge in [0.2, 0.25) is 0 Å². The first-order valence-corrected chi connectivity index (χ1v) is 14.7. The number of benzene rings is 3. The van der Waals surface area contributed by atoms with E-state index in [2.05, 4.69) is 52.5 Å². The first kappa shape index (κ1) is 28.4. The van der Waals surface area contributed by atoms with E-state index in [0.717, 1.165) is 59.2 Å². The fourth-order valence-electron chi connectivity index (χ4n) is 7.25. The van der Waals surface area contributed by atoms with Crippen molar-refractivity contribution in [2.75, 3.05) is 25.5 Å². The van der Waals surface area contributed by atoms with Crippen LogP contribution in [0.4, 0.5) is 16.2 Å². The molecule has 220 valence electrons. The van der Waals surface area contributed by atoms with Crippen LogP contribution in [-0.4, -0.2) is 46.7 Å². The third-order valence-electron chi connectivity index (χ3n) is 9.34. The molecule has 1 aromatic heterocycles. The molecule has 2 amide bonds. The average Bonchev–Trinajstić information content (AvgIpc) is 3.04. The summed E-state index contributed by atoms with van der Waals surface area (Å²) >= 11 is 0. The van der Waals surface area contributed by atoms with Crippen molar-refractivity contribution in [3.05, 3.63) is 119 Å². The molecule has 0 aliphatic carbocycles. The molecule has 0 saturated carbocycles. The quantitative estimate of drug-likeness (QED) is 0.100. The molecule has 3 saturated heterocycles. The maximum absolute atomic E-state index is 13.7. The molecule has 4 unspecified atom stereocenters. The van der Waals surface area contributed by atoms with Gasteiger partial charge in [-0.25, -0.2) is 4.79 Å². The topological polar surface area (TPSA) is 106 Å². The number of urea groups is 1. The van der Waals surface area contributed by atoms with Crippen molar-refractivity contribution >= 4 is 28.3 Å². The van der Waals surface area contributed by atoms with Gasteiger partial charge in [-0.15, -0.1) is 6.58 Å². The molecule has 5 atom stereocenters. The zero-order valence-corrected chi connectivity index (χ0v) is 24.2. The van der Waals surface area contributed by atoms with Gasteiger partial charge in [-0.2, -0.15) is 0 Å². The van der Waals surface area contributed by atoms with Crippen molar-refractivity contribution in [1.82, 2.24) is 10.3 Å². The number of hydrogen-bond acceptors (Lipinski definition) is 5. The van der Waals surface area contributed by atoms with Gasteiger partial charge in [0.05, 0.1) is 30.6 Å². The number of nitrogens with one attached hydrogen (secondary N) is 2. The van der Waals surface area contributed by atoms with Gasteiger partial charge in [0.1, 0.15) is 24.4 Å². The van der Waals surface area contributed by atoms with Crippen molar-refractivity contribution < 1.29 is 18.9 Å². The van der Waals surface area contributed by atoms with Crippen molar-refractivity contribution in [3.63, 3.8) is 0 Å². The van der Waals surface area contributed by atoms with E-state index in [0.29, 0.717) is 17.5 Å². The number of rotatable bonds is 9. The van der Waals surface area contributed by atoms with E-state index in [1.54, 1.807) is 25.4 Å². The third-order valence-corrected chi connectivity index (χ3v) is 9.34. The Morgan fingerprint density at radius 1 is 1.16 bits per heavy atom. The molecule has 7 rings (SSSR count). The van der Waals surface area contributed by atoms with Gasteiger partial charge < -0.3 is 19.9 Å². The van der Waals surface area contributed by atoms with Gasteiger partial charge in [-0.3, -0.25) is 15.1 Å². The number of ether oxygens (including phenoxy) is 1. The Balaban J connectivity index is 1.42. The number of anilines is 1. The van der Waals surface area contributed by atoms with Crippen molar-refractivity contribution in [2.24, 2.45) is 11.8 Å². The monoisotopic (exact) mass is 578 g/mol. The summed E-state index contributed by atoms with van der Waals surface area (Å²) in [5, 5.41) is 18.3. The molecule has 2 bridgehead atoms. The molecule has 3 aliphatic heterocycles. The van der Waals surface area contributed by atoms with Crippen molar-refractivity contribution in [2.45, 2.75) is 31.5 Å². The van der Waals surface area contributed by atoms with E-state index in [9.17, 15) is 14.9 Å². The lowest BCUT2D eigenvalue weighted by Gasteiger charge is -2.58. The summed E-state index contributed by atoms with van der Waals surface area (Å²) in [6, 6.07) is 23.7. The summed E-state index contributed by atoms with van der Waals surface area (Å²) in [7, 11) is 1.64. The smallest absolute Gasteiger partial charge is 0.319 e. The van der Waals surface area contributed by atoms with Gasteiger partial charge in [0, 0.05) is 53.7 Å². The number of piperidine rings is 3. The normalized spacial score (nSPS) is 23.3. The van der Waals surface area contributed by atoms with Gasteiger partial charge in [0.15, 0.2) is 0 Å². The van der Waals surface area contributed by atoms with Crippen LogP contribution in [0.5, 0.6) is 5.75 Å². The Morgan fingerprint density at radius 2 is 1.95 bits per heavy atom. The average molecular weight is 579 g/mol. The van der Waals surface area contributed by atoms with Crippen LogP contribution in [0.15, 0.2) is 97.7 Å². The fraction of sp³-hybridized carbons (Fsp3) is 0.294. The van der Waals surface area contributed by atoms with E-state index in [-0.39, 0.29) is 23.8 Å². The molecule has 43 heavy (non-hydrogen) atoms. The summed E-state index contributed by atoms with van der Waals surface area (Å²) < 4.78 is 6.42. The molecule has 4 aromatic rings. The maximum atomic E-state index is 13.7. The summed E-state index contributed by atoms with van der Waals surface area (Å²) in [6.45, 7) is 7.02. The number of carbonyl (C=O) groups is 1. The highest BCUT2D eigenvalue weighted by Crippen LogP contribution is 2.48. The number of quaternary nitrogens is 1. The molecule has 9 nitrogen and oxygen atoms in total. The molecule has 4 heterocycles.